The Bertz CT molecular complexity index is 2710. The Morgan fingerprint density at radius 2 is 0.581 bits per heavy atom. The molecule has 0 aromatic carbocycles. The van der Waals surface area contributed by atoms with Gasteiger partial charge in [-0.1, -0.05) is 388 Å². The van der Waals surface area contributed by atoms with Crippen LogP contribution >= 0.6 is 15.6 Å². The molecule has 2 heterocycles. The van der Waals surface area contributed by atoms with Gasteiger partial charge in [0.15, 0.2) is 18.7 Å². The van der Waals surface area contributed by atoms with Gasteiger partial charge in [-0.3, -0.25) is 37.8 Å². The van der Waals surface area contributed by atoms with Crippen LogP contribution in [-0.4, -0.2) is 163 Å². The molecular formula is C96H182N2O24P2. The van der Waals surface area contributed by atoms with E-state index in [0.717, 1.165) is 186 Å². The Balaban J connectivity index is 2.63. The Morgan fingerprint density at radius 3 is 0.871 bits per heavy atom. The van der Waals surface area contributed by atoms with E-state index in [1.807, 2.05) is 0 Å². The molecule has 0 spiro atoms. The van der Waals surface area contributed by atoms with Gasteiger partial charge in [-0.25, -0.2) is 9.13 Å². The number of amides is 2. The van der Waals surface area contributed by atoms with E-state index < -0.39 is 163 Å². The highest BCUT2D eigenvalue weighted by molar-refractivity contribution is 7.46. The molecule has 0 aromatic heterocycles. The summed E-state index contributed by atoms with van der Waals surface area (Å²) in [6, 6.07) is -3.77. The number of ether oxygens (including phenoxy) is 7. The van der Waals surface area contributed by atoms with E-state index in [1.165, 1.54) is 161 Å². The molecule has 0 bridgehead atoms. The van der Waals surface area contributed by atoms with Crippen molar-refractivity contribution in [2.75, 3.05) is 13.2 Å². The van der Waals surface area contributed by atoms with Crippen molar-refractivity contribution < 1.29 is 115 Å². The predicted molar refractivity (Wildman–Crippen MR) is 488 cm³/mol. The summed E-state index contributed by atoms with van der Waals surface area (Å²) < 4.78 is 79.3. The summed E-state index contributed by atoms with van der Waals surface area (Å²) >= 11 is 0. The lowest BCUT2D eigenvalue weighted by molar-refractivity contribution is -0.296. The molecule has 26 nitrogen and oxygen atoms in total. The predicted octanol–water partition coefficient (Wildman–Crippen LogP) is 22.4. The van der Waals surface area contributed by atoms with Crippen molar-refractivity contribution in [2.24, 2.45) is 0 Å². The number of aliphatic hydroxyl groups excluding tert-OH is 3. The molecule has 7 unspecified atom stereocenters. The zero-order valence-corrected chi connectivity index (χ0v) is 80.5. The largest absolute Gasteiger partial charge is 0.472 e. The molecule has 13 atom stereocenters. The Kier molecular flexibility index (Phi) is 72.9. The third kappa shape index (κ3) is 63.0. The number of carbonyl (C=O) groups is 6. The fourth-order valence-corrected chi connectivity index (χ4v) is 17.9. The summed E-state index contributed by atoms with van der Waals surface area (Å²) in [4.78, 5) is 127. The first-order valence-corrected chi connectivity index (χ1v) is 53.7. The first-order valence-electron chi connectivity index (χ1n) is 50.7. The van der Waals surface area contributed by atoms with E-state index >= 15 is 4.79 Å². The van der Waals surface area contributed by atoms with Crippen LogP contribution in [0.15, 0.2) is 0 Å². The van der Waals surface area contributed by atoms with E-state index in [1.54, 1.807) is 0 Å². The van der Waals surface area contributed by atoms with Crippen LogP contribution in [0.25, 0.3) is 0 Å². The summed E-state index contributed by atoms with van der Waals surface area (Å²) in [5.41, 5.74) is 0. The van der Waals surface area contributed by atoms with E-state index in [2.05, 4.69) is 52.2 Å². The quantitative estimate of drug-likeness (QED) is 0.0118. The van der Waals surface area contributed by atoms with Gasteiger partial charge in [0, 0.05) is 19.3 Å². The maximum Gasteiger partial charge on any atom is 0.472 e. The molecule has 2 aliphatic heterocycles. The van der Waals surface area contributed by atoms with Crippen LogP contribution in [0.1, 0.15) is 485 Å². The topological polar surface area (TPSA) is 385 Å². The molecule has 730 valence electrons. The molecule has 9 N–H and O–H groups in total. The highest BCUT2D eigenvalue weighted by Crippen LogP contribution is 2.44. The second-order valence-corrected chi connectivity index (χ2v) is 38.4. The first-order chi connectivity index (χ1) is 59.9. The number of unbranched alkanes of at least 4 members (excludes halogenated alkanes) is 54. The third-order valence-electron chi connectivity index (χ3n) is 24.3. The maximum absolute atomic E-state index is 15.0. The number of nitrogens with one attached hydrogen (secondary N) is 2. The molecule has 2 amide bonds. The van der Waals surface area contributed by atoms with Gasteiger partial charge in [-0.15, -0.1) is 0 Å². The lowest BCUT2D eigenvalue weighted by atomic mass is 9.95. The average Bonchev–Trinajstić information content (AvgIpc) is 0.777. The summed E-state index contributed by atoms with van der Waals surface area (Å²) in [5, 5.41) is 40.4. The summed E-state index contributed by atoms with van der Waals surface area (Å²) in [7, 11) is -11.2. The van der Waals surface area contributed by atoms with Crippen molar-refractivity contribution in [3.63, 3.8) is 0 Å². The van der Waals surface area contributed by atoms with Crippen molar-refractivity contribution in [3.05, 3.63) is 0 Å². The molecule has 2 rings (SSSR count). The lowest BCUT2D eigenvalue weighted by Gasteiger charge is -2.46. The first kappa shape index (κ1) is 117. The van der Waals surface area contributed by atoms with Crippen LogP contribution in [0.4, 0.5) is 0 Å². The second kappa shape index (κ2) is 77.4. The zero-order valence-electron chi connectivity index (χ0n) is 78.7. The lowest BCUT2D eigenvalue weighted by Crippen LogP contribution is -2.67. The molecule has 0 radical (unpaired) electrons. The monoisotopic (exact) mass is 1810 g/mol. The van der Waals surface area contributed by atoms with E-state index in [-0.39, 0.29) is 32.1 Å². The van der Waals surface area contributed by atoms with E-state index in [9.17, 15) is 68.0 Å². The molecule has 0 saturated carbocycles. The standard InChI is InChI=1S/C96H182N2O24P2/c1-7-13-19-25-30-35-38-40-43-48-53-59-64-70-85(102)115-78(67-62-56-50-45-33-28-22-16-10-4)73-83(100)97-89-92(107)91(106)82(119-96(89)122-124(111,112)113)77-114-95-90(98-84(101)74-79(68-63-57-51-46-34-29-23-17-11-5)116-86(103)71-65-58-52-47-42-37-32-27-21-15-9-3)94(93(81(76-99)118-95)121-123(108,109)110)120-88(105)75-80(69-61-55-24-18-12-6)117-87(104)72-66-60-54-49-44-41-39-36-31-26-20-14-8-2/h78-82,89-96,99,106-107H,7-77H2,1-6H3,(H,97,100)(H,98,101)(H2,108,109,110)(H2,111,112,113)/t78?,79?,80?,81?,82?,89?,90?,91-,92-,93-,94-,95-,96+/m1/s1. The van der Waals surface area contributed by atoms with Crippen molar-refractivity contribution in [1.82, 2.24) is 10.6 Å². The second-order valence-electron chi connectivity index (χ2n) is 36.0. The minimum Gasteiger partial charge on any atom is -0.462 e. The number of hydrogen-bond donors (Lipinski definition) is 9. The van der Waals surface area contributed by atoms with Crippen molar-refractivity contribution in [3.8, 4) is 0 Å². The number of phosphoric acid groups is 2. The average molecular weight is 1810 g/mol. The number of hydrogen-bond acceptors (Lipinski definition) is 20. The van der Waals surface area contributed by atoms with Crippen molar-refractivity contribution in [2.45, 2.75) is 564 Å². The Labute approximate surface area is 750 Å². The zero-order chi connectivity index (χ0) is 91.0. The fraction of sp³-hybridized carbons (Fsp3) is 0.938. The molecular weight excluding hydrogens is 1630 g/mol. The van der Waals surface area contributed by atoms with E-state index in [4.69, 9.17) is 42.2 Å². The Morgan fingerprint density at radius 1 is 0.315 bits per heavy atom. The summed E-state index contributed by atoms with van der Waals surface area (Å²) in [6.07, 6.45) is 43.4. The minimum absolute atomic E-state index is 0.0907. The number of aliphatic hydroxyl groups is 3. The minimum atomic E-state index is -5.65. The van der Waals surface area contributed by atoms with Crippen LogP contribution in [0.3, 0.4) is 0 Å². The van der Waals surface area contributed by atoms with E-state index in [0.29, 0.717) is 44.9 Å². The molecule has 2 aliphatic rings. The van der Waals surface area contributed by atoms with Gasteiger partial charge in [0.1, 0.15) is 60.9 Å². The summed E-state index contributed by atoms with van der Waals surface area (Å²) in [5.74, 6) is -4.29. The van der Waals surface area contributed by atoms with Gasteiger partial charge in [0.05, 0.1) is 32.5 Å². The van der Waals surface area contributed by atoms with Crippen LogP contribution in [-0.2, 0) is 80.1 Å². The van der Waals surface area contributed by atoms with Gasteiger partial charge in [0.25, 0.3) is 0 Å². The van der Waals surface area contributed by atoms with Crippen molar-refractivity contribution >= 4 is 51.3 Å². The third-order valence-corrected chi connectivity index (χ3v) is 25.3. The highest BCUT2D eigenvalue weighted by Gasteiger charge is 2.54. The summed E-state index contributed by atoms with van der Waals surface area (Å²) in [6.45, 7) is 11.0. The molecule has 2 fully saturated rings. The van der Waals surface area contributed by atoms with Crippen LogP contribution < -0.4 is 10.6 Å². The molecule has 0 aliphatic carbocycles. The van der Waals surface area contributed by atoms with Gasteiger partial charge < -0.3 is 78.7 Å². The number of esters is 4. The maximum atomic E-state index is 15.0. The van der Waals surface area contributed by atoms with Gasteiger partial charge in [-0.05, 0) is 57.8 Å². The molecule has 0 aromatic rings. The Hall–Kier alpha value is -3.20. The molecule has 28 heteroatoms. The normalized spacial score (nSPS) is 20.0. The SMILES string of the molecule is CCCCCCCCCCCCCCCC(=O)OC(CCCCCCCCCCC)CC(=O)NC1[C@H](OP(=O)(O)O)OC(CO[C@@H]2OC(CO)[C@@H](OP(=O)(O)O)[C@H](OC(=O)CC(CCCCCCC)OC(=O)CCCCCCCCCCCCCCC)C2NC(=O)CC(CCCCCCCCCCC)OC(=O)CCCCCCCCCCCCC)[C@@H](O)[C@@H]1O. The number of carbonyl (C=O) groups excluding carboxylic acids is 6. The number of phosphoric ester groups is 2. The fourth-order valence-electron chi connectivity index (χ4n) is 16.9. The smallest absolute Gasteiger partial charge is 0.462 e. The van der Waals surface area contributed by atoms with Crippen molar-refractivity contribution in [1.29, 1.82) is 0 Å². The highest BCUT2D eigenvalue weighted by atomic mass is 31.2. The van der Waals surface area contributed by atoms with Crippen LogP contribution in [0.2, 0.25) is 0 Å². The van der Waals surface area contributed by atoms with Crippen LogP contribution in [0, 0.1) is 0 Å². The molecule has 124 heavy (non-hydrogen) atoms. The van der Waals surface area contributed by atoms with Crippen LogP contribution in [0.5, 0.6) is 0 Å². The number of rotatable bonds is 86. The van der Waals surface area contributed by atoms with Gasteiger partial charge in [0.2, 0.25) is 11.8 Å². The van der Waals surface area contributed by atoms with Gasteiger partial charge >= 0.3 is 39.5 Å². The molecule has 2 saturated heterocycles. The van der Waals surface area contributed by atoms with Gasteiger partial charge in [-0.2, -0.15) is 0 Å².